The first-order valence-corrected chi connectivity index (χ1v) is 9.53. The average Bonchev–Trinajstić information content (AvgIpc) is 2.74. The van der Waals surface area contributed by atoms with E-state index < -0.39 is 0 Å². The molecule has 0 aliphatic rings. The zero-order valence-corrected chi connectivity index (χ0v) is 16.7. The third kappa shape index (κ3) is 4.39. The van der Waals surface area contributed by atoms with Crippen LogP contribution in [0.25, 0.3) is 11.1 Å². The highest BCUT2D eigenvalue weighted by molar-refractivity contribution is 6.02. The van der Waals surface area contributed by atoms with Crippen LogP contribution in [0, 0.1) is 6.92 Å². The van der Waals surface area contributed by atoms with E-state index in [1.165, 1.54) is 5.56 Å². The van der Waals surface area contributed by atoms with Crippen LogP contribution in [0.3, 0.4) is 0 Å². The minimum Gasteiger partial charge on any atom is -0.497 e. The van der Waals surface area contributed by atoms with Crippen molar-refractivity contribution in [1.82, 2.24) is 10.3 Å². The zero-order valence-electron chi connectivity index (χ0n) is 16.7. The predicted molar refractivity (Wildman–Crippen MR) is 113 cm³/mol. The van der Waals surface area contributed by atoms with Crippen LogP contribution < -0.4 is 10.1 Å². The second-order valence-corrected chi connectivity index (χ2v) is 6.78. The quantitative estimate of drug-likeness (QED) is 0.657. The molecule has 4 nitrogen and oxygen atoms in total. The van der Waals surface area contributed by atoms with Crippen LogP contribution in [-0.4, -0.2) is 25.0 Å². The summed E-state index contributed by atoms with van der Waals surface area (Å²) in [6.07, 6.45) is 4.39. The van der Waals surface area contributed by atoms with Crippen LogP contribution in [0.4, 0.5) is 0 Å². The Kier molecular flexibility index (Phi) is 6.43. The smallest absolute Gasteiger partial charge is 0.253 e. The summed E-state index contributed by atoms with van der Waals surface area (Å²) in [7, 11) is 3.33. The molecule has 1 amide bonds. The van der Waals surface area contributed by atoms with Crippen molar-refractivity contribution in [3.8, 4) is 16.9 Å². The van der Waals surface area contributed by atoms with Gasteiger partial charge in [-0.2, -0.15) is 0 Å². The van der Waals surface area contributed by atoms with Crippen molar-refractivity contribution in [3.05, 3.63) is 83.2 Å². The van der Waals surface area contributed by atoms with Crippen molar-refractivity contribution in [2.45, 2.75) is 26.2 Å². The summed E-state index contributed by atoms with van der Waals surface area (Å²) in [6.45, 7) is 2.06. The first-order chi connectivity index (χ1) is 13.6. The molecule has 4 heteroatoms. The third-order valence-corrected chi connectivity index (χ3v) is 4.96. The van der Waals surface area contributed by atoms with Crippen molar-refractivity contribution in [2.24, 2.45) is 0 Å². The Morgan fingerprint density at radius 1 is 1.00 bits per heavy atom. The summed E-state index contributed by atoms with van der Waals surface area (Å²) < 4.78 is 5.21. The Labute approximate surface area is 166 Å². The normalized spacial score (nSPS) is 10.5. The van der Waals surface area contributed by atoms with Gasteiger partial charge in [-0.1, -0.05) is 36.4 Å². The maximum atomic E-state index is 12.7. The maximum Gasteiger partial charge on any atom is 0.253 e. The molecule has 1 N–H and O–H groups in total. The van der Waals surface area contributed by atoms with Gasteiger partial charge < -0.3 is 10.1 Å². The van der Waals surface area contributed by atoms with Gasteiger partial charge in [0.2, 0.25) is 0 Å². The molecule has 144 valence electrons. The first kappa shape index (κ1) is 19.6. The number of rotatable bonds is 7. The van der Waals surface area contributed by atoms with E-state index in [0.29, 0.717) is 5.56 Å². The number of carbonyl (C=O) groups excluding carboxylic acids is 1. The van der Waals surface area contributed by atoms with Crippen LogP contribution in [0.1, 0.15) is 33.6 Å². The van der Waals surface area contributed by atoms with Crippen LogP contribution >= 0.6 is 0 Å². The lowest BCUT2D eigenvalue weighted by Gasteiger charge is -2.15. The minimum absolute atomic E-state index is 0.0919. The molecule has 0 saturated carbocycles. The van der Waals surface area contributed by atoms with E-state index in [1.54, 1.807) is 20.4 Å². The van der Waals surface area contributed by atoms with Crippen molar-refractivity contribution in [3.63, 3.8) is 0 Å². The average molecular weight is 374 g/mol. The molecule has 28 heavy (non-hydrogen) atoms. The second-order valence-electron chi connectivity index (χ2n) is 6.78. The number of amides is 1. The molecule has 0 aliphatic carbocycles. The molecular formula is C24H26N2O2. The molecule has 0 saturated heterocycles. The molecule has 0 atom stereocenters. The molecule has 0 unspecified atom stereocenters. The highest BCUT2D eigenvalue weighted by Crippen LogP contribution is 2.28. The Morgan fingerprint density at radius 2 is 1.75 bits per heavy atom. The van der Waals surface area contributed by atoms with Gasteiger partial charge in [-0.05, 0) is 66.6 Å². The van der Waals surface area contributed by atoms with Gasteiger partial charge >= 0.3 is 0 Å². The number of hydrogen-bond donors (Lipinski definition) is 1. The van der Waals surface area contributed by atoms with Gasteiger partial charge in [0.1, 0.15) is 5.75 Å². The fourth-order valence-electron chi connectivity index (χ4n) is 3.42. The lowest BCUT2D eigenvalue weighted by atomic mass is 9.93. The van der Waals surface area contributed by atoms with Crippen LogP contribution in [-0.2, 0) is 12.8 Å². The van der Waals surface area contributed by atoms with E-state index in [-0.39, 0.29) is 5.91 Å². The highest BCUT2D eigenvalue weighted by Gasteiger charge is 2.18. The Bertz CT molecular complexity index is 949. The number of hydrogen-bond acceptors (Lipinski definition) is 3. The molecular weight excluding hydrogens is 348 g/mol. The fraction of sp³-hybridized carbons (Fsp3) is 0.250. The molecule has 3 aromatic rings. The molecule has 0 spiro atoms. The van der Waals surface area contributed by atoms with E-state index in [9.17, 15) is 4.79 Å². The lowest BCUT2D eigenvalue weighted by molar-refractivity contribution is 0.0962. The number of ether oxygens (including phenoxy) is 1. The summed E-state index contributed by atoms with van der Waals surface area (Å²) in [5.41, 5.74) is 5.91. The Morgan fingerprint density at radius 3 is 2.43 bits per heavy atom. The van der Waals surface area contributed by atoms with Gasteiger partial charge in [-0.15, -0.1) is 0 Å². The van der Waals surface area contributed by atoms with E-state index in [0.717, 1.165) is 47.4 Å². The largest absolute Gasteiger partial charge is 0.497 e. The van der Waals surface area contributed by atoms with E-state index in [1.807, 2.05) is 30.3 Å². The van der Waals surface area contributed by atoms with Crippen molar-refractivity contribution < 1.29 is 9.53 Å². The number of pyridine rings is 1. The van der Waals surface area contributed by atoms with E-state index in [2.05, 4.69) is 41.5 Å². The van der Waals surface area contributed by atoms with Crippen molar-refractivity contribution in [1.29, 1.82) is 0 Å². The van der Waals surface area contributed by atoms with Gasteiger partial charge in [0, 0.05) is 13.2 Å². The van der Waals surface area contributed by atoms with Gasteiger partial charge in [0.05, 0.1) is 18.4 Å². The van der Waals surface area contributed by atoms with Crippen molar-refractivity contribution >= 4 is 5.91 Å². The Hall–Kier alpha value is -3.14. The molecule has 3 rings (SSSR count). The summed E-state index contributed by atoms with van der Waals surface area (Å²) in [5, 5.41) is 2.78. The number of carbonyl (C=O) groups is 1. The monoisotopic (exact) mass is 374 g/mol. The third-order valence-electron chi connectivity index (χ3n) is 4.96. The van der Waals surface area contributed by atoms with Crippen LogP contribution in [0.5, 0.6) is 5.75 Å². The number of nitrogens with one attached hydrogen (secondary N) is 1. The first-order valence-electron chi connectivity index (χ1n) is 9.53. The molecule has 0 bridgehead atoms. The summed E-state index contributed by atoms with van der Waals surface area (Å²) in [6, 6.07) is 18.2. The van der Waals surface area contributed by atoms with E-state index in [4.69, 9.17) is 4.74 Å². The molecule has 0 fully saturated rings. The molecule has 1 aromatic heterocycles. The molecule has 0 radical (unpaired) electrons. The molecule has 2 aromatic carbocycles. The molecule has 1 heterocycles. The summed E-state index contributed by atoms with van der Waals surface area (Å²) >= 11 is 0. The van der Waals surface area contributed by atoms with Gasteiger partial charge in [-0.25, -0.2) is 0 Å². The van der Waals surface area contributed by atoms with Crippen LogP contribution in [0.15, 0.2) is 60.8 Å². The number of benzene rings is 2. The fourth-order valence-corrected chi connectivity index (χ4v) is 3.42. The molecule has 0 aliphatic heterocycles. The Balaban J connectivity index is 1.85. The van der Waals surface area contributed by atoms with E-state index >= 15 is 0 Å². The summed E-state index contributed by atoms with van der Waals surface area (Å²) in [5.74, 6) is 0.768. The van der Waals surface area contributed by atoms with Gasteiger partial charge in [0.25, 0.3) is 5.91 Å². The number of nitrogens with zero attached hydrogens (tertiary/aromatic N) is 1. The summed E-state index contributed by atoms with van der Waals surface area (Å²) in [4.78, 5) is 17.2. The SMILES string of the molecule is CNC(=O)c1c(-c2ccccc2C)ccnc1CCCc1ccc(OC)cc1. The number of aromatic nitrogens is 1. The number of aryl methyl sites for hydroxylation is 3. The second kappa shape index (κ2) is 9.18. The maximum absolute atomic E-state index is 12.7. The van der Waals surface area contributed by atoms with Crippen LogP contribution in [0.2, 0.25) is 0 Å². The number of methoxy groups -OCH3 is 1. The lowest BCUT2D eigenvalue weighted by Crippen LogP contribution is -2.21. The van der Waals surface area contributed by atoms with Gasteiger partial charge in [-0.3, -0.25) is 9.78 Å². The van der Waals surface area contributed by atoms with Gasteiger partial charge in [0.15, 0.2) is 0 Å². The highest BCUT2D eigenvalue weighted by atomic mass is 16.5. The standard InChI is InChI=1S/C24H26N2O2/c1-17-7-4-5-9-20(17)21-15-16-26-22(23(21)24(27)25-2)10-6-8-18-11-13-19(28-3)14-12-18/h4-5,7,9,11-16H,6,8,10H2,1-3H3,(H,25,27). The zero-order chi connectivity index (χ0) is 19.9. The predicted octanol–water partition coefficient (Wildman–Crippen LogP) is 4.60. The van der Waals surface area contributed by atoms with Crippen molar-refractivity contribution in [2.75, 3.05) is 14.2 Å². The minimum atomic E-state index is -0.0919. The topological polar surface area (TPSA) is 51.2 Å².